The number of hydrogen-bond acceptors (Lipinski definition) is 4. The van der Waals surface area contributed by atoms with Crippen molar-refractivity contribution in [2.24, 2.45) is 0 Å². The minimum Gasteiger partial charge on any atom is -0.503 e. The van der Waals surface area contributed by atoms with Crippen molar-refractivity contribution in [3.8, 4) is 0 Å². The highest BCUT2D eigenvalue weighted by molar-refractivity contribution is 6.15. The van der Waals surface area contributed by atoms with Crippen LogP contribution in [0.5, 0.6) is 0 Å². The number of amides is 1. The summed E-state index contributed by atoms with van der Waals surface area (Å²) in [6.07, 6.45) is 4.23. The number of aryl methyl sites for hydroxylation is 1. The summed E-state index contributed by atoms with van der Waals surface area (Å²) in [6, 6.07) is 10.2. The summed E-state index contributed by atoms with van der Waals surface area (Å²) in [4.78, 5) is 27.3. The van der Waals surface area contributed by atoms with Crippen molar-refractivity contribution in [2.45, 2.75) is 39.2 Å². The minimum absolute atomic E-state index is 0.0933. The molecule has 3 rings (SSSR count). The number of benzene rings is 1. The molecule has 0 fully saturated rings. The van der Waals surface area contributed by atoms with Gasteiger partial charge in [0.15, 0.2) is 11.5 Å². The second kappa shape index (κ2) is 7.60. The molecule has 0 aliphatic carbocycles. The number of aliphatic hydroxyl groups is 1. The van der Waals surface area contributed by atoms with E-state index in [-0.39, 0.29) is 11.3 Å². The number of unbranched alkanes of at least 4 members (excludes halogenated alkanes) is 2. The summed E-state index contributed by atoms with van der Waals surface area (Å²) in [6.45, 7) is 4.52. The van der Waals surface area contributed by atoms with Crippen molar-refractivity contribution in [3.63, 3.8) is 0 Å². The van der Waals surface area contributed by atoms with E-state index in [9.17, 15) is 14.7 Å². The van der Waals surface area contributed by atoms with Crippen molar-refractivity contribution in [2.75, 3.05) is 6.54 Å². The molecule has 2 heterocycles. The number of furan rings is 1. The molecular formula is C21H23NO4. The second-order valence-corrected chi connectivity index (χ2v) is 6.53. The fraction of sp³-hybridized carbons (Fsp3) is 0.333. The molecule has 0 spiro atoms. The minimum atomic E-state index is -0.599. The van der Waals surface area contributed by atoms with Gasteiger partial charge in [-0.05, 0) is 36.6 Å². The number of Topliss-reactive ketones (excluding diaryl/α,β-unsaturated/α-hetero) is 1. The van der Waals surface area contributed by atoms with Gasteiger partial charge in [0.1, 0.15) is 0 Å². The van der Waals surface area contributed by atoms with Crippen LogP contribution < -0.4 is 0 Å². The standard InChI is InChI=1S/C21H23NO4/c1-3-4-7-12-22-18(15-10-6-5-9-14(15)2)17(20(24)21(22)25)19(23)16-11-8-13-26-16/h5-6,8-11,13,18,24H,3-4,7,12H2,1-2H3. The van der Waals surface area contributed by atoms with Gasteiger partial charge in [0.2, 0.25) is 5.78 Å². The lowest BCUT2D eigenvalue weighted by atomic mass is 9.92. The Labute approximate surface area is 152 Å². The van der Waals surface area contributed by atoms with Crippen LogP contribution in [-0.4, -0.2) is 28.2 Å². The van der Waals surface area contributed by atoms with Gasteiger partial charge in [-0.15, -0.1) is 0 Å². The smallest absolute Gasteiger partial charge is 0.290 e. The van der Waals surface area contributed by atoms with Crippen LogP contribution in [0.3, 0.4) is 0 Å². The predicted molar refractivity (Wildman–Crippen MR) is 97.9 cm³/mol. The fourth-order valence-corrected chi connectivity index (χ4v) is 3.41. The van der Waals surface area contributed by atoms with Crippen LogP contribution in [0.2, 0.25) is 0 Å². The molecule has 1 unspecified atom stereocenters. The third-order valence-corrected chi connectivity index (χ3v) is 4.78. The molecule has 5 nitrogen and oxygen atoms in total. The van der Waals surface area contributed by atoms with E-state index in [1.807, 2.05) is 31.2 Å². The van der Waals surface area contributed by atoms with Crippen LogP contribution in [0.1, 0.15) is 53.9 Å². The normalized spacial score (nSPS) is 17.2. The van der Waals surface area contributed by atoms with Crippen molar-refractivity contribution >= 4 is 11.7 Å². The van der Waals surface area contributed by atoms with Gasteiger partial charge in [-0.3, -0.25) is 9.59 Å². The molecule has 1 aliphatic rings. The summed E-state index contributed by atoms with van der Waals surface area (Å²) < 4.78 is 5.21. The van der Waals surface area contributed by atoms with Crippen molar-refractivity contribution in [1.82, 2.24) is 4.90 Å². The summed E-state index contributed by atoms with van der Waals surface area (Å²) in [7, 11) is 0. The van der Waals surface area contributed by atoms with E-state index in [2.05, 4.69) is 6.92 Å². The summed E-state index contributed by atoms with van der Waals surface area (Å²) in [5.74, 6) is -1.30. The highest BCUT2D eigenvalue weighted by atomic mass is 16.3. The van der Waals surface area contributed by atoms with Crippen LogP contribution in [0, 0.1) is 6.92 Å². The van der Waals surface area contributed by atoms with Gasteiger partial charge in [-0.2, -0.15) is 0 Å². The maximum Gasteiger partial charge on any atom is 0.290 e. The molecule has 1 amide bonds. The number of nitrogens with zero attached hydrogens (tertiary/aromatic N) is 1. The Bertz CT molecular complexity index is 835. The quantitative estimate of drug-likeness (QED) is 0.593. The SMILES string of the molecule is CCCCCN1C(=O)C(O)=C(C(=O)c2ccco2)C1c1ccccc1C. The number of carbonyl (C=O) groups excluding carboxylic acids is 2. The van der Waals surface area contributed by atoms with E-state index < -0.39 is 23.5 Å². The zero-order valence-electron chi connectivity index (χ0n) is 15.1. The van der Waals surface area contributed by atoms with E-state index >= 15 is 0 Å². The first kappa shape index (κ1) is 18.0. The summed E-state index contributed by atoms with van der Waals surface area (Å²) in [5.41, 5.74) is 1.90. The fourth-order valence-electron chi connectivity index (χ4n) is 3.41. The topological polar surface area (TPSA) is 70.8 Å². The predicted octanol–water partition coefficient (Wildman–Crippen LogP) is 4.36. The van der Waals surface area contributed by atoms with Gasteiger partial charge in [0, 0.05) is 6.54 Å². The lowest BCUT2D eigenvalue weighted by Gasteiger charge is -2.27. The Hall–Kier alpha value is -2.82. The zero-order chi connectivity index (χ0) is 18.7. The second-order valence-electron chi connectivity index (χ2n) is 6.53. The highest BCUT2D eigenvalue weighted by Gasteiger charge is 2.44. The lowest BCUT2D eigenvalue weighted by molar-refractivity contribution is -0.129. The van der Waals surface area contributed by atoms with Gasteiger partial charge >= 0.3 is 0 Å². The third-order valence-electron chi connectivity index (χ3n) is 4.78. The van der Waals surface area contributed by atoms with E-state index in [0.717, 1.165) is 30.4 Å². The Balaban J connectivity index is 2.05. The number of aliphatic hydroxyl groups excluding tert-OH is 1. The molecule has 1 atom stereocenters. The van der Waals surface area contributed by atoms with E-state index in [1.54, 1.807) is 17.0 Å². The van der Waals surface area contributed by atoms with Crippen molar-refractivity contribution < 1.29 is 19.1 Å². The van der Waals surface area contributed by atoms with E-state index in [0.29, 0.717) is 6.54 Å². The lowest BCUT2D eigenvalue weighted by Crippen LogP contribution is -2.32. The number of ketones is 1. The van der Waals surface area contributed by atoms with Crippen molar-refractivity contribution in [3.05, 3.63) is 70.9 Å². The van der Waals surface area contributed by atoms with E-state index in [1.165, 1.54) is 6.26 Å². The Morgan fingerprint density at radius 1 is 1.19 bits per heavy atom. The molecule has 2 aromatic rings. The third kappa shape index (κ3) is 3.17. The first-order chi connectivity index (χ1) is 12.6. The largest absolute Gasteiger partial charge is 0.503 e. The number of hydrogen-bond donors (Lipinski definition) is 1. The molecule has 0 radical (unpaired) electrons. The van der Waals surface area contributed by atoms with Crippen LogP contribution in [0.25, 0.3) is 0 Å². The molecule has 0 bridgehead atoms. The zero-order valence-corrected chi connectivity index (χ0v) is 15.1. The van der Waals surface area contributed by atoms with Crippen molar-refractivity contribution in [1.29, 1.82) is 0 Å². The molecule has 0 saturated heterocycles. The summed E-state index contributed by atoms with van der Waals surface area (Å²) >= 11 is 0. The summed E-state index contributed by atoms with van der Waals surface area (Å²) in [5, 5.41) is 10.5. The van der Waals surface area contributed by atoms with Gasteiger partial charge in [-0.1, -0.05) is 44.0 Å². The molecular weight excluding hydrogens is 330 g/mol. The Morgan fingerprint density at radius 3 is 2.62 bits per heavy atom. The van der Waals surface area contributed by atoms with Gasteiger partial charge < -0.3 is 14.4 Å². The average molecular weight is 353 g/mol. The van der Waals surface area contributed by atoms with E-state index in [4.69, 9.17) is 4.42 Å². The van der Waals surface area contributed by atoms with Crippen LogP contribution >= 0.6 is 0 Å². The van der Waals surface area contributed by atoms with Crippen LogP contribution in [-0.2, 0) is 4.79 Å². The monoisotopic (exact) mass is 353 g/mol. The highest BCUT2D eigenvalue weighted by Crippen LogP contribution is 2.40. The van der Waals surface area contributed by atoms with Gasteiger partial charge in [0.05, 0.1) is 17.9 Å². The Morgan fingerprint density at radius 2 is 1.96 bits per heavy atom. The molecule has 1 N–H and O–H groups in total. The molecule has 5 heteroatoms. The maximum absolute atomic E-state index is 12.9. The van der Waals surface area contributed by atoms with Crippen LogP contribution in [0.15, 0.2) is 58.4 Å². The van der Waals surface area contributed by atoms with Gasteiger partial charge in [0.25, 0.3) is 5.91 Å². The first-order valence-corrected chi connectivity index (χ1v) is 8.94. The Kier molecular flexibility index (Phi) is 5.26. The number of rotatable bonds is 7. The molecule has 136 valence electrons. The first-order valence-electron chi connectivity index (χ1n) is 8.94. The molecule has 1 aromatic carbocycles. The van der Waals surface area contributed by atoms with Gasteiger partial charge in [-0.25, -0.2) is 0 Å². The molecule has 1 aliphatic heterocycles. The molecule has 0 saturated carbocycles. The molecule has 1 aromatic heterocycles. The van der Waals surface area contributed by atoms with Crippen LogP contribution in [0.4, 0.5) is 0 Å². The number of carbonyl (C=O) groups is 2. The molecule has 26 heavy (non-hydrogen) atoms. The average Bonchev–Trinajstić information content (AvgIpc) is 3.25. The maximum atomic E-state index is 12.9.